The van der Waals surface area contributed by atoms with Crippen LogP contribution < -0.4 is 4.72 Å². The molecule has 0 unspecified atom stereocenters. The molecule has 0 aliphatic carbocycles. The van der Waals surface area contributed by atoms with Gasteiger partial charge in [0.1, 0.15) is 0 Å². The zero-order chi connectivity index (χ0) is 17.4. The molecule has 0 spiro atoms. The smallest absolute Gasteiger partial charge is 0.307 e. The zero-order valence-corrected chi connectivity index (χ0v) is 14.5. The number of nitrogens with one attached hydrogen (secondary N) is 1. The molecule has 0 aliphatic rings. The molecule has 0 saturated carbocycles. The monoisotopic (exact) mass is 367 g/mol. The highest BCUT2D eigenvalue weighted by Gasteiger charge is 2.14. The van der Waals surface area contributed by atoms with Gasteiger partial charge in [-0.1, -0.05) is 48.0 Å². The standard InChI is InChI=1S/C17H18ClNO4S/c18-15-7-4-8-16(13-15)24(21,22)19-11-9-17(20)23-12-10-14-5-2-1-3-6-14/h1-8,13,19H,9-12H2. The van der Waals surface area contributed by atoms with Crippen LogP contribution in [0.3, 0.4) is 0 Å². The zero-order valence-electron chi connectivity index (χ0n) is 12.9. The molecule has 0 fully saturated rings. The van der Waals surface area contributed by atoms with E-state index >= 15 is 0 Å². The number of rotatable bonds is 8. The first-order chi connectivity index (χ1) is 11.5. The van der Waals surface area contributed by atoms with Gasteiger partial charge in [0, 0.05) is 18.0 Å². The summed E-state index contributed by atoms with van der Waals surface area (Å²) in [6.45, 7) is 0.239. The van der Waals surface area contributed by atoms with Crippen molar-refractivity contribution in [1.82, 2.24) is 4.72 Å². The van der Waals surface area contributed by atoms with E-state index in [1.54, 1.807) is 12.1 Å². The van der Waals surface area contributed by atoms with Crippen LogP contribution in [0.25, 0.3) is 0 Å². The van der Waals surface area contributed by atoms with Crippen molar-refractivity contribution in [2.45, 2.75) is 17.7 Å². The molecular formula is C17H18ClNO4S. The molecule has 0 aromatic heterocycles. The molecule has 0 saturated heterocycles. The summed E-state index contributed by atoms with van der Waals surface area (Å²) in [5.41, 5.74) is 1.08. The first-order valence-electron chi connectivity index (χ1n) is 7.42. The molecule has 0 bridgehead atoms. The van der Waals surface area contributed by atoms with Gasteiger partial charge >= 0.3 is 5.97 Å². The Kier molecular flexibility index (Phi) is 6.78. The van der Waals surface area contributed by atoms with Gasteiger partial charge in [-0.15, -0.1) is 0 Å². The molecule has 2 aromatic rings. The molecule has 7 heteroatoms. The van der Waals surface area contributed by atoms with Crippen molar-refractivity contribution in [2.75, 3.05) is 13.2 Å². The summed E-state index contributed by atoms with van der Waals surface area (Å²) in [5, 5.41) is 0.332. The number of halogens is 1. The molecule has 0 amide bonds. The Morgan fingerprint density at radius 3 is 2.54 bits per heavy atom. The van der Waals surface area contributed by atoms with Crippen LogP contribution in [-0.2, 0) is 26.0 Å². The molecular weight excluding hydrogens is 350 g/mol. The quantitative estimate of drug-likeness (QED) is 0.728. The summed E-state index contributed by atoms with van der Waals surface area (Å²) >= 11 is 5.78. The summed E-state index contributed by atoms with van der Waals surface area (Å²) in [5.74, 6) is -0.445. The van der Waals surface area contributed by atoms with Crippen molar-refractivity contribution in [1.29, 1.82) is 0 Å². The minimum absolute atomic E-state index is 0.0288. The number of sulfonamides is 1. The van der Waals surface area contributed by atoms with Gasteiger partial charge in [-0.25, -0.2) is 13.1 Å². The summed E-state index contributed by atoms with van der Waals surface area (Å²) in [6.07, 6.45) is 0.593. The maximum absolute atomic E-state index is 12.0. The highest BCUT2D eigenvalue weighted by molar-refractivity contribution is 7.89. The molecule has 0 radical (unpaired) electrons. The summed E-state index contributed by atoms with van der Waals surface area (Å²) < 4.78 is 31.5. The van der Waals surface area contributed by atoms with Crippen molar-refractivity contribution in [3.05, 3.63) is 65.2 Å². The van der Waals surface area contributed by atoms with Crippen LogP contribution >= 0.6 is 11.6 Å². The van der Waals surface area contributed by atoms with E-state index in [4.69, 9.17) is 16.3 Å². The van der Waals surface area contributed by atoms with E-state index in [9.17, 15) is 13.2 Å². The van der Waals surface area contributed by atoms with Crippen LogP contribution in [0.1, 0.15) is 12.0 Å². The maximum Gasteiger partial charge on any atom is 0.307 e. The summed E-state index contributed by atoms with van der Waals surface area (Å²) in [6, 6.07) is 15.6. The van der Waals surface area contributed by atoms with Gasteiger partial charge in [0.2, 0.25) is 10.0 Å². The van der Waals surface area contributed by atoms with Crippen molar-refractivity contribution in [2.24, 2.45) is 0 Å². The lowest BCUT2D eigenvalue weighted by atomic mass is 10.2. The second kappa shape index (κ2) is 8.82. The van der Waals surface area contributed by atoms with Gasteiger partial charge in [0.05, 0.1) is 17.9 Å². The van der Waals surface area contributed by atoms with Gasteiger partial charge in [0.25, 0.3) is 0 Å². The Morgan fingerprint density at radius 1 is 1.08 bits per heavy atom. The van der Waals surface area contributed by atoms with E-state index in [2.05, 4.69) is 4.72 Å². The molecule has 2 aromatic carbocycles. The van der Waals surface area contributed by atoms with Gasteiger partial charge in [-0.3, -0.25) is 4.79 Å². The van der Waals surface area contributed by atoms with Crippen molar-refractivity contribution in [3.63, 3.8) is 0 Å². The summed E-state index contributed by atoms with van der Waals surface area (Å²) in [4.78, 5) is 11.7. The average Bonchev–Trinajstić information content (AvgIpc) is 2.56. The topological polar surface area (TPSA) is 72.5 Å². The van der Waals surface area contributed by atoms with E-state index in [1.807, 2.05) is 30.3 Å². The Bertz CT molecular complexity index is 778. The number of hydrogen-bond donors (Lipinski definition) is 1. The molecule has 128 valence electrons. The van der Waals surface area contributed by atoms with Gasteiger partial charge in [-0.05, 0) is 23.8 Å². The molecule has 0 aliphatic heterocycles. The predicted molar refractivity (Wildman–Crippen MR) is 92.4 cm³/mol. The van der Waals surface area contributed by atoms with Crippen LogP contribution in [0.4, 0.5) is 0 Å². The molecule has 5 nitrogen and oxygen atoms in total. The van der Waals surface area contributed by atoms with Gasteiger partial charge in [-0.2, -0.15) is 0 Å². The SMILES string of the molecule is O=C(CCNS(=O)(=O)c1cccc(Cl)c1)OCCc1ccccc1. The molecule has 0 atom stereocenters. The molecule has 2 rings (SSSR count). The van der Waals surface area contributed by atoms with Crippen molar-refractivity contribution >= 4 is 27.6 Å². The van der Waals surface area contributed by atoms with E-state index in [-0.39, 0.29) is 24.5 Å². The van der Waals surface area contributed by atoms with Crippen LogP contribution in [0, 0.1) is 0 Å². The second-order valence-corrected chi connectivity index (χ2v) is 7.26. The van der Waals surface area contributed by atoms with E-state index in [0.717, 1.165) is 5.56 Å². The number of benzene rings is 2. The lowest BCUT2D eigenvalue weighted by Crippen LogP contribution is -2.27. The van der Waals surface area contributed by atoms with E-state index in [0.29, 0.717) is 11.4 Å². The van der Waals surface area contributed by atoms with Crippen LogP contribution in [0.5, 0.6) is 0 Å². The number of carbonyl (C=O) groups is 1. The predicted octanol–water partition coefficient (Wildman–Crippen LogP) is 2.79. The largest absolute Gasteiger partial charge is 0.465 e. The van der Waals surface area contributed by atoms with Gasteiger partial charge in [0.15, 0.2) is 0 Å². The number of esters is 1. The molecule has 0 heterocycles. The lowest BCUT2D eigenvalue weighted by Gasteiger charge is -2.08. The highest BCUT2D eigenvalue weighted by atomic mass is 35.5. The van der Waals surface area contributed by atoms with Crippen LogP contribution in [0.15, 0.2) is 59.5 Å². The minimum atomic E-state index is -3.68. The average molecular weight is 368 g/mol. The number of hydrogen-bond acceptors (Lipinski definition) is 4. The third-order valence-electron chi connectivity index (χ3n) is 3.22. The Hall–Kier alpha value is -1.89. The van der Waals surface area contributed by atoms with E-state index < -0.39 is 16.0 Å². The second-order valence-electron chi connectivity index (χ2n) is 5.06. The summed E-state index contributed by atoms with van der Waals surface area (Å²) in [7, 11) is -3.68. The first-order valence-corrected chi connectivity index (χ1v) is 9.28. The third-order valence-corrected chi connectivity index (χ3v) is 4.92. The lowest BCUT2D eigenvalue weighted by molar-refractivity contribution is -0.143. The maximum atomic E-state index is 12.0. The third kappa shape index (κ3) is 5.96. The Balaban J connectivity index is 1.72. The van der Waals surface area contributed by atoms with Crippen molar-refractivity contribution in [3.8, 4) is 0 Å². The molecule has 24 heavy (non-hydrogen) atoms. The van der Waals surface area contributed by atoms with Crippen LogP contribution in [0.2, 0.25) is 5.02 Å². The fourth-order valence-corrected chi connectivity index (χ4v) is 3.34. The number of ether oxygens (including phenoxy) is 1. The molecule has 1 N–H and O–H groups in total. The Labute approximate surface area is 146 Å². The highest BCUT2D eigenvalue weighted by Crippen LogP contribution is 2.15. The van der Waals surface area contributed by atoms with Crippen molar-refractivity contribution < 1.29 is 17.9 Å². The van der Waals surface area contributed by atoms with E-state index in [1.165, 1.54) is 12.1 Å². The van der Waals surface area contributed by atoms with Gasteiger partial charge < -0.3 is 4.74 Å². The minimum Gasteiger partial charge on any atom is -0.465 e. The fraction of sp³-hybridized carbons (Fsp3) is 0.235. The first kappa shape index (κ1) is 18.4. The normalized spacial score (nSPS) is 11.2. The fourth-order valence-electron chi connectivity index (χ4n) is 2.00. The Morgan fingerprint density at radius 2 is 1.83 bits per heavy atom. The van der Waals surface area contributed by atoms with Crippen LogP contribution in [-0.4, -0.2) is 27.5 Å². The number of carbonyl (C=O) groups excluding carboxylic acids is 1.